The Morgan fingerprint density at radius 2 is 2.28 bits per heavy atom. The fourth-order valence-corrected chi connectivity index (χ4v) is 3.33. The van der Waals surface area contributed by atoms with Crippen LogP contribution in [-0.2, 0) is 6.42 Å². The van der Waals surface area contributed by atoms with E-state index in [2.05, 4.69) is 41.4 Å². The fourth-order valence-electron chi connectivity index (χ4n) is 2.61. The van der Waals surface area contributed by atoms with E-state index in [1.807, 2.05) is 11.3 Å². The molecule has 18 heavy (non-hydrogen) atoms. The number of thiophene rings is 1. The van der Waals surface area contributed by atoms with E-state index in [1.165, 1.54) is 18.0 Å². The molecule has 1 aromatic heterocycles. The predicted octanol–water partition coefficient (Wildman–Crippen LogP) is 1.64. The molecule has 1 aromatic rings. The Kier molecular flexibility index (Phi) is 5.18. The van der Waals surface area contributed by atoms with Gasteiger partial charge in [-0.1, -0.05) is 6.07 Å². The lowest BCUT2D eigenvalue weighted by Crippen LogP contribution is -2.51. The monoisotopic (exact) mass is 267 g/mol. The molecular formula is C14H25N3S. The van der Waals surface area contributed by atoms with Crippen LogP contribution < -0.4 is 5.73 Å². The topological polar surface area (TPSA) is 32.5 Å². The minimum Gasteiger partial charge on any atom is -0.328 e. The van der Waals surface area contributed by atoms with Gasteiger partial charge in [-0.3, -0.25) is 0 Å². The van der Waals surface area contributed by atoms with Crippen molar-refractivity contribution in [3.8, 4) is 0 Å². The van der Waals surface area contributed by atoms with Crippen LogP contribution in [0, 0.1) is 0 Å². The van der Waals surface area contributed by atoms with Crippen LogP contribution in [0.4, 0.5) is 0 Å². The van der Waals surface area contributed by atoms with Crippen LogP contribution in [0.1, 0.15) is 17.7 Å². The largest absolute Gasteiger partial charge is 0.328 e. The summed E-state index contributed by atoms with van der Waals surface area (Å²) >= 11 is 1.84. The average Bonchev–Trinajstić information content (AvgIpc) is 2.84. The van der Waals surface area contributed by atoms with Gasteiger partial charge < -0.3 is 15.5 Å². The highest BCUT2D eigenvalue weighted by Crippen LogP contribution is 2.16. The summed E-state index contributed by atoms with van der Waals surface area (Å²) in [6, 6.07) is 5.28. The number of hydrogen-bond acceptors (Lipinski definition) is 4. The highest BCUT2D eigenvalue weighted by Gasteiger charge is 2.23. The molecule has 0 amide bonds. The summed E-state index contributed by atoms with van der Waals surface area (Å²) in [6.07, 6.45) is 3.35. The van der Waals surface area contributed by atoms with Crippen LogP contribution in [0.5, 0.6) is 0 Å². The van der Waals surface area contributed by atoms with Gasteiger partial charge in [-0.25, -0.2) is 0 Å². The summed E-state index contributed by atoms with van der Waals surface area (Å²) in [5.74, 6) is 0. The molecule has 0 aliphatic carbocycles. The third-order valence-electron chi connectivity index (χ3n) is 3.90. The number of nitrogens with two attached hydrogens (primary N) is 1. The van der Waals surface area contributed by atoms with Gasteiger partial charge in [0.15, 0.2) is 0 Å². The SMILES string of the molecule is CN1CCN(C)C(CC(N)CCc2cccs2)C1. The quantitative estimate of drug-likeness (QED) is 0.880. The van der Waals surface area contributed by atoms with E-state index in [4.69, 9.17) is 5.73 Å². The standard InChI is InChI=1S/C14H25N3S/c1-16-7-8-17(2)13(11-16)10-12(15)5-6-14-4-3-9-18-14/h3-4,9,12-13H,5-8,10-11,15H2,1-2H3. The van der Waals surface area contributed by atoms with Crippen molar-refractivity contribution >= 4 is 11.3 Å². The van der Waals surface area contributed by atoms with Crippen molar-refractivity contribution < 1.29 is 0 Å². The molecule has 3 nitrogen and oxygen atoms in total. The molecule has 2 unspecified atom stereocenters. The van der Waals surface area contributed by atoms with Crippen molar-refractivity contribution in [2.24, 2.45) is 5.73 Å². The Bertz CT molecular complexity index is 339. The zero-order chi connectivity index (χ0) is 13.0. The van der Waals surface area contributed by atoms with Gasteiger partial charge in [-0.2, -0.15) is 0 Å². The summed E-state index contributed by atoms with van der Waals surface area (Å²) < 4.78 is 0. The summed E-state index contributed by atoms with van der Waals surface area (Å²) in [6.45, 7) is 3.50. The zero-order valence-corrected chi connectivity index (χ0v) is 12.3. The van der Waals surface area contributed by atoms with Crippen molar-refractivity contribution in [3.05, 3.63) is 22.4 Å². The lowest BCUT2D eigenvalue weighted by atomic mass is 10.00. The van der Waals surface area contributed by atoms with E-state index in [0.717, 1.165) is 25.8 Å². The van der Waals surface area contributed by atoms with Gasteiger partial charge in [-0.05, 0) is 44.8 Å². The summed E-state index contributed by atoms with van der Waals surface area (Å²) in [4.78, 5) is 6.33. The highest BCUT2D eigenvalue weighted by atomic mass is 32.1. The van der Waals surface area contributed by atoms with Gasteiger partial charge in [0.2, 0.25) is 0 Å². The van der Waals surface area contributed by atoms with E-state index < -0.39 is 0 Å². The van der Waals surface area contributed by atoms with Crippen molar-refractivity contribution in [1.82, 2.24) is 9.80 Å². The van der Waals surface area contributed by atoms with Crippen molar-refractivity contribution in [2.45, 2.75) is 31.3 Å². The molecule has 0 bridgehead atoms. The number of aryl methyl sites for hydroxylation is 1. The van der Waals surface area contributed by atoms with Gasteiger partial charge in [0.05, 0.1) is 0 Å². The Morgan fingerprint density at radius 1 is 1.44 bits per heavy atom. The van der Waals surface area contributed by atoms with Crippen LogP contribution in [0.3, 0.4) is 0 Å². The normalized spacial score (nSPS) is 24.3. The second-order valence-electron chi connectivity index (χ2n) is 5.51. The van der Waals surface area contributed by atoms with E-state index in [0.29, 0.717) is 12.1 Å². The van der Waals surface area contributed by atoms with Crippen LogP contribution in [0.2, 0.25) is 0 Å². The molecule has 102 valence electrons. The number of likely N-dealkylation sites (N-methyl/N-ethyl adjacent to an activating group) is 2. The van der Waals surface area contributed by atoms with Crippen LogP contribution in [0.25, 0.3) is 0 Å². The highest BCUT2D eigenvalue weighted by molar-refractivity contribution is 7.09. The van der Waals surface area contributed by atoms with Crippen LogP contribution >= 0.6 is 11.3 Å². The summed E-state index contributed by atoms with van der Waals surface area (Å²) in [5.41, 5.74) is 6.29. The molecular weight excluding hydrogens is 242 g/mol. The maximum atomic E-state index is 6.29. The molecule has 1 fully saturated rings. The van der Waals surface area contributed by atoms with E-state index in [1.54, 1.807) is 0 Å². The van der Waals surface area contributed by atoms with Gasteiger partial charge >= 0.3 is 0 Å². The molecule has 0 spiro atoms. The van der Waals surface area contributed by atoms with E-state index >= 15 is 0 Å². The molecule has 1 aliphatic heterocycles. The van der Waals surface area contributed by atoms with Crippen molar-refractivity contribution in [3.63, 3.8) is 0 Å². The molecule has 2 N–H and O–H groups in total. The number of hydrogen-bond donors (Lipinski definition) is 1. The first-order valence-corrected chi connectivity index (χ1v) is 7.70. The van der Waals surface area contributed by atoms with Gasteiger partial charge in [0, 0.05) is 36.6 Å². The molecule has 0 aromatic carbocycles. The average molecular weight is 267 g/mol. The second kappa shape index (κ2) is 6.66. The number of piperazine rings is 1. The lowest BCUT2D eigenvalue weighted by molar-refractivity contribution is 0.103. The van der Waals surface area contributed by atoms with E-state index in [9.17, 15) is 0 Å². The molecule has 0 radical (unpaired) electrons. The molecule has 1 aliphatic rings. The fraction of sp³-hybridized carbons (Fsp3) is 0.714. The Labute approximate surface area is 115 Å². The molecule has 1 saturated heterocycles. The van der Waals surface area contributed by atoms with Crippen LogP contribution in [-0.4, -0.2) is 55.6 Å². The minimum atomic E-state index is 0.325. The van der Waals surface area contributed by atoms with Crippen molar-refractivity contribution in [1.29, 1.82) is 0 Å². The first-order chi connectivity index (χ1) is 8.65. The zero-order valence-electron chi connectivity index (χ0n) is 11.5. The van der Waals surface area contributed by atoms with Crippen LogP contribution in [0.15, 0.2) is 17.5 Å². The summed E-state index contributed by atoms with van der Waals surface area (Å²) in [7, 11) is 4.43. The van der Waals surface area contributed by atoms with Gasteiger partial charge in [-0.15, -0.1) is 11.3 Å². The maximum Gasteiger partial charge on any atom is 0.0235 e. The maximum absolute atomic E-state index is 6.29. The molecule has 2 heterocycles. The van der Waals surface area contributed by atoms with Gasteiger partial charge in [0.25, 0.3) is 0 Å². The Hall–Kier alpha value is -0.420. The lowest BCUT2D eigenvalue weighted by Gasteiger charge is -2.38. The Morgan fingerprint density at radius 3 is 3.00 bits per heavy atom. The third-order valence-corrected chi connectivity index (χ3v) is 4.83. The van der Waals surface area contributed by atoms with E-state index in [-0.39, 0.29) is 0 Å². The van der Waals surface area contributed by atoms with Gasteiger partial charge in [0.1, 0.15) is 0 Å². The first kappa shape index (κ1) is 14.0. The first-order valence-electron chi connectivity index (χ1n) is 6.82. The Balaban J connectivity index is 1.74. The molecule has 4 heteroatoms. The molecule has 2 rings (SSSR count). The number of nitrogens with zero attached hydrogens (tertiary/aromatic N) is 2. The van der Waals surface area contributed by atoms with Crippen molar-refractivity contribution in [2.75, 3.05) is 33.7 Å². The third kappa shape index (κ3) is 4.05. The molecule has 0 saturated carbocycles. The molecule has 2 atom stereocenters. The smallest absolute Gasteiger partial charge is 0.0235 e. The summed E-state index contributed by atoms with van der Waals surface area (Å²) in [5, 5.41) is 2.14. The minimum absolute atomic E-state index is 0.325. The number of rotatable bonds is 5. The second-order valence-corrected chi connectivity index (χ2v) is 6.54. The predicted molar refractivity (Wildman–Crippen MR) is 79.1 cm³/mol.